The van der Waals surface area contributed by atoms with Crippen LogP contribution in [0.2, 0.25) is 0 Å². The van der Waals surface area contributed by atoms with Crippen molar-refractivity contribution in [1.82, 2.24) is 5.32 Å². The number of para-hydroxylation sites is 1. The Bertz CT molecular complexity index is 969. The Kier molecular flexibility index (Phi) is 5.55. The van der Waals surface area contributed by atoms with Crippen LogP contribution >= 0.6 is 12.4 Å². The monoisotopic (exact) mass is 433 g/mol. The van der Waals surface area contributed by atoms with Crippen LogP contribution in [0.5, 0.6) is 11.5 Å². The highest BCUT2D eigenvalue weighted by Crippen LogP contribution is 2.45. The van der Waals surface area contributed by atoms with E-state index in [2.05, 4.69) is 24.4 Å². The van der Waals surface area contributed by atoms with Crippen LogP contribution in [0.1, 0.15) is 0 Å². The van der Waals surface area contributed by atoms with Crippen molar-refractivity contribution >= 4 is 33.8 Å². The van der Waals surface area contributed by atoms with Crippen molar-refractivity contribution in [2.75, 3.05) is 35.8 Å². The molecule has 2 aromatic rings. The van der Waals surface area contributed by atoms with E-state index >= 15 is 0 Å². The zero-order chi connectivity index (χ0) is 19.1. The number of anilines is 2. The van der Waals surface area contributed by atoms with Crippen LogP contribution in [0.4, 0.5) is 20.2 Å². The summed E-state index contributed by atoms with van der Waals surface area (Å²) >= 11 is 0. The first kappa shape index (κ1) is 20.4. The van der Waals surface area contributed by atoms with E-state index < -0.39 is 27.0 Å². The van der Waals surface area contributed by atoms with E-state index in [1.54, 1.807) is 18.2 Å². The van der Waals surface area contributed by atoms with Gasteiger partial charge in [-0.25, -0.2) is 8.42 Å². The molecule has 2 aliphatic rings. The predicted octanol–water partition coefficient (Wildman–Crippen LogP) is 2.64. The topological polar surface area (TPSA) is 79.9 Å². The van der Waals surface area contributed by atoms with E-state index in [1.165, 1.54) is 18.2 Å². The number of sulfonamides is 1. The van der Waals surface area contributed by atoms with Gasteiger partial charge in [0.05, 0.1) is 5.69 Å². The Morgan fingerprint density at radius 3 is 2.54 bits per heavy atom. The van der Waals surface area contributed by atoms with Crippen molar-refractivity contribution in [3.63, 3.8) is 0 Å². The molecular weight excluding hydrogens is 416 g/mol. The number of alkyl halides is 2. The molecule has 0 radical (unpaired) electrons. The predicted molar refractivity (Wildman–Crippen MR) is 102 cm³/mol. The van der Waals surface area contributed by atoms with E-state index in [9.17, 15) is 17.2 Å². The van der Waals surface area contributed by atoms with Gasteiger partial charge in [-0.1, -0.05) is 12.1 Å². The van der Waals surface area contributed by atoms with Crippen LogP contribution < -0.4 is 24.4 Å². The second-order valence-corrected chi connectivity index (χ2v) is 7.79. The lowest BCUT2D eigenvalue weighted by Crippen LogP contribution is -2.43. The molecule has 2 heterocycles. The fourth-order valence-electron chi connectivity index (χ4n) is 3.06. The maximum atomic E-state index is 13.3. The second-order valence-electron chi connectivity index (χ2n) is 6.14. The number of nitrogens with one attached hydrogen (secondary N) is 2. The minimum absolute atomic E-state index is 0. The van der Waals surface area contributed by atoms with Crippen molar-refractivity contribution < 1.29 is 26.7 Å². The highest BCUT2D eigenvalue weighted by Gasteiger charge is 2.46. The van der Waals surface area contributed by atoms with Crippen LogP contribution in [0, 0.1) is 0 Å². The van der Waals surface area contributed by atoms with Gasteiger partial charge in [0.25, 0.3) is 10.0 Å². The van der Waals surface area contributed by atoms with Crippen LogP contribution in [-0.2, 0) is 10.0 Å². The van der Waals surface area contributed by atoms with E-state index in [0.29, 0.717) is 5.69 Å². The molecule has 2 N–H and O–H groups in total. The molecule has 2 aliphatic heterocycles. The first-order valence-corrected chi connectivity index (χ1v) is 9.80. The van der Waals surface area contributed by atoms with Gasteiger partial charge in [0.15, 0.2) is 11.5 Å². The zero-order valence-electron chi connectivity index (χ0n) is 14.5. The number of nitrogens with zero attached hydrogens (tertiary/aromatic N) is 1. The quantitative estimate of drug-likeness (QED) is 0.771. The highest BCUT2D eigenvalue weighted by atomic mass is 35.5. The number of ether oxygens (including phenoxy) is 2. The third-order valence-corrected chi connectivity index (χ3v) is 5.67. The lowest BCUT2D eigenvalue weighted by molar-refractivity contribution is -0.287. The molecule has 0 aromatic heterocycles. The molecule has 0 saturated carbocycles. The molecule has 0 atom stereocenters. The third-order valence-electron chi connectivity index (χ3n) is 4.26. The summed E-state index contributed by atoms with van der Waals surface area (Å²) in [6.45, 7) is 3.31. The molecule has 11 heteroatoms. The average molecular weight is 434 g/mol. The summed E-state index contributed by atoms with van der Waals surface area (Å²) in [5.74, 6) is -0.828. The summed E-state index contributed by atoms with van der Waals surface area (Å²) in [5, 5.41) is 3.25. The summed E-state index contributed by atoms with van der Waals surface area (Å²) in [5.41, 5.74) is 1.20. The molecular formula is C17H18ClF2N3O4S. The number of hydrogen-bond donors (Lipinski definition) is 2. The van der Waals surface area contributed by atoms with Gasteiger partial charge in [-0.2, -0.15) is 0 Å². The maximum absolute atomic E-state index is 13.3. The Morgan fingerprint density at radius 2 is 1.79 bits per heavy atom. The fraction of sp³-hybridized carbons (Fsp3) is 0.294. The van der Waals surface area contributed by atoms with Crippen molar-refractivity contribution in [3.8, 4) is 11.5 Å². The minimum atomic E-state index is -4.16. The summed E-state index contributed by atoms with van der Waals surface area (Å²) in [6, 6.07) is 10.7. The van der Waals surface area contributed by atoms with Gasteiger partial charge in [-0.3, -0.25) is 4.72 Å². The maximum Gasteiger partial charge on any atom is 0.586 e. The Labute approximate surface area is 167 Å². The summed E-state index contributed by atoms with van der Waals surface area (Å²) in [7, 11) is -4.16. The smallest absolute Gasteiger partial charge is 0.395 e. The highest BCUT2D eigenvalue weighted by molar-refractivity contribution is 7.92. The first-order chi connectivity index (χ1) is 12.8. The Hall–Kier alpha value is -2.30. The van der Waals surface area contributed by atoms with E-state index in [1.807, 2.05) is 6.07 Å². The Morgan fingerprint density at radius 1 is 1.07 bits per heavy atom. The van der Waals surface area contributed by atoms with Gasteiger partial charge in [-0.15, -0.1) is 21.2 Å². The summed E-state index contributed by atoms with van der Waals surface area (Å²) < 4.78 is 63.2. The lowest BCUT2D eigenvalue weighted by atomic mass is 10.2. The van der Waals surface area contributed by atoms with E-state index in [-0.39, 0.29) is 18.2 Å². The molecule has 0 amide bonds. The van der Waals surface area contributed by atoms with Gasteiger partial charge in [0, 0.05) is 31.9 Å². The van der Waals surface area contributed by atoms with Gasteiger partial charge in [-0.05, 0) is 30.3 Å². The molecule has 28 heavy (non-hydrogen) atoms. The number of halogens is 3. The van der Waals surface area contributed by atoms with Gasteiger partial charge < -0.3 is 19.7 Å². The molecule has 0 unspecified atom stereocenters. The van der Waals surface area contributed by atoms with E-state index in [0.717, 1.165) is 31.9 Å². The molecule has 0 spiro atoms. The summed E-state index contributed by atoms with van der Waals surface area (Å²) in [4.78, 5) is 1.72. The number of hydrogen-bond acceptors (Lipinski definition) is 6. The van der Waals surface area contributed by atoms with Crippen molar-refractivity contribution in [3.05, 3.63) is 42.5 Å². The van der Waals surface area contributed by atoms with Crippen molar-refractivity contribution in [2.24, 2.45) is 0 Å². The van der Waals surface area contributed by atoms with Crippen LogP contribution in [-0.4, -0.2) is 40.9 Å². The molecule has 1 saturated heterocycles. The van der Waals surface area contributed by atoms with Crippen molar-refractivity contribution in [1.29, 1.82) is 0 Å². The van der Waals surface area contributed by atoms with Gasteiger partial charge >= 0.3 is 6.29 Å². The standard InChI is InChI=1S/C17H17F2N3O4S.ClH/c18-17(19)25-14-5-2-6-15(16(14)26-17)27(23,24)21-12-3-1-4-13(11-12)22-9-7-20-8-10-22;/h1-6,11,20-21H,7-10H2;1H. The number of benzene rings is 2. The second kappa shape index (κ2) is 7.61. The Balaban J connectivity index is 0.00000225. The third kappa shape index (κ3) is 4.08. The normalized spacial score (nSPS) is 17.7. The number of rotatable bonds is 4. The largest absolute Gasteiger partial charge is 0.586 e. The molecule has 0 bridgehead atoms. The SMILES string of the molecule is Cl.O=S(=O)(Nc1cccc(N2CCNCC2)c1)c1cccc2c1OC(F)(F)O2. The van der Waals surface area contributed by atoms with Crippen LogP contribution in [0.25, 0.3) is 0 Å². The van der Waals surface area contributed by atoms with Crippen LogP contribution in [0.3, 0.4) is 0 Å². The lowest BCUT2D eigenvalue weighted by Gasteiger charge is -2.29. The zero-order valence-corrected chi connectivity index (χ0v) is 16.2. The van der Waals surface area contributed by atoms with Gasteiger partial charge in [0.2, 0.25) is 0 Å². The minimum Gasteiger partial charge on any atom is -0.395 e. The molecule has 1 fully saturated rings. The average Bonchev–Trinajstić information content (AvgIpc) is 2.96. The fourth-order valence-corrected chi connectivity index (χ4v) is 4.25. The van der Waals surface area contributed by atoms with Gasteiger partial charge in [0.1, 0.15) is 4.90 Å². The summed E-state index contributed by atoms with van der Waals surface area (Å²) in [6.07, 6.45) is -3.89. The van der Waals surface area contributed by atoms with E-state index in [4.69, 9.17) is 0 Å². The van der Waals surface area contributed by atoms with Crippen LogP contribution in [0.15, 0.2) is 47.4 Å². The first-order valence-electron chi connectivity index (χ1n) is 8.31. The molecule has 7 nitrogen and oxygen atoms in total. The molecule has 0 aliphatic carbocycles. The molecule has 4 rings (SSSR count). The number of piperazine rings is 1. The van der Waals surface area contributed by atoms with Crippen molar-refractivity contribution in [2.45, 2.75) is 11.2 Å². The molecule has 152 valence electrons. The molecule has 2 aromatic carbocycles. The number of fused-ring (bicyclic) bond motifs is 1.